The number of hydrogen-bond donors (Lipinski definition) is 0. The molecule has 1 fully saturated rings. The fourth-order valence-corrected chi connectivity index (χ4v) is 2.33. The highest BCUT2D eigenvalue weighted by Crippen LogP contribution is 2.27. The van der Waals surface area contributed by atoms with Gasteiger partial charge in [0.05, 0.1) is 27.4 Å². The Kier molecular flexibility index (Phi) is 5.03. The zero-order valence-corrected chi connectivity index (χ0v) is 12.2. The molecule has 0 aromatic rings. The largest absolute Gasteiger partial charge is 0.464 e. The number of esters is 2. The predicted octanol–water partition coefficient (Wildman–Crippen LogP) is 0.158. The molecule has 0 aliphatic carbocycles. The molecule has 2 atom stereocenters. The molecule has 8 heteroatoms. The number of ether oxygens (including phenoxy) is 4. The summed E-state index contributed by atoms with van der Waals surface area (Å²) in [5.41, 5.74) is 0.269. The predicted molar refractivity (Wildman–Crippen MR) is 71.9 cm³/mol. The minimum atomic E-state index is -0.587. The third-order valence-electron chi connectivity index (χ3n) is 3.50. The van der Waals surface area contributed by atoms with Crippen LogP contribution in [0.15, 0.2) is 10.2 Å². The van der Waals surface area contributed by atoms with Gasteiger partial charge >= 0.3 is 11.9 Å². The zero-order valence-electron chi connectivity index (χ0n) is 12.2. The molecule has 8 nitrogen and oxygen atoms in total. The summed E-state index contributed by atoms with van der Waals surface area (Å²) in [4.78, 5) is 23.6. The molecule has 116 valence electrons. The Morgan fingerprint density at radius 3 is 1.81 bits per heavy atom. The highest BCUT2D eigenvalue weighted by Gasteiger charge is 2.43. The number of carbonyl (C=O) groups excluding carboxylic acids is 2. The van der Waals surface area contributed by atoms with Crippen LogP contribution in [-0.2, 0) is 28.5 Å². The van der Waals surface area contributed by atoms with Gasteiger partial charge in [-0.25, -0.2) is 9.59 Å². The van der Waals surface area contributed by atoms with E-state index in [1.54, 1.807) is 0 Å². The Morgan fingerprint density at radius 2 is 1.48 bits per heavy atom. The van der Waals surface area contributed by atoms with Crippen LogP contribution in [0.25, 0.3) is 0 Å². The van der Waals surface area contributed by atoms with Gasteiger partial charge in [0.2, 0.25) is 0 Å². The number of methoxy groups -OCH3 is 2. The summed E-state index contributed by atoms with van der Waals surface area (Å²) >= 11 is 0. The smallest absolute Gasteiger partial charge is 0.354 e. The van der Waals surface area contributed by atoms with Crippen LogP contribution in [0.2, 0.25) is 0 Å². The van der Waals surface area contributed by atoms with Crippen molar-refractivity contribution in [2.24, 2.45) is 22.0 Å². The lowest BCUT2D eigenvalue weighted by Crippen LogP contribution is -2.43. The minimum Gasteiger partial charge on any atom is -0.464 e. The molecule has 1 saturated heterocycles. The minimum absolute atomic E-state index is 0.135. The second kappa shape index (κ2) is 6.77. The molecular formula is C13H18N2O6. The average molecular weight is 298 g/mol. The molecule has 2 aliphatic rings. The van der Waals surface area contributed by atoms with Crippen LogP contribution in [0.1, 0.15) is 13.3 Å². The average Bonchev–Trinajstić information content (AvgIpc) is 2.75. The first-order chi connectivity index (χ1) is 10.1. The molecule has 0 amide bonds. The Morgan fingerprint density at radius 1 is 1.05 bits per heavy atom. The van der Waals surface area contributed by atoms with Crippen molar-refractivity contribution in [3.8, 4) is 0 Å². The summed E-state index contributed by atoms with van der Waals surface area (Å²) in [6.07, 6.45) is 0.280. The van der Waals surface area contributed by atoms with Crippen LogP contribution in [0, 0.1) is 11.8 Å². The van der Waals surface area contributed by atoms with Crippen molar-refractivity contribution < 1.29 is 28.5 Å². The van der Waals surface area contributed by atoms with Crippen LogP contribution in [0.3, 0.4) is 0 Å². The summed E-state index contributed by atoms with van der Waals surface area (Å²) in [6.45, 7) is 2.32. The quantitative estimate of drug-likeness (QED) is 0.689. The van der Waals surface area contributed by atoms with Gasteiger partial charge in [-0.1, -0.05) is 6.92 Å². The molecule has 0 bridgehead atoms. The van der Waals surface area contributed by atoms with Gasteiger partial charge in [0, 0.05) is 11.8 Å². The maximum Gasteiger partial charge on any atom is 0.354 e. The van der Waals surface area contributed by atoms with Gasteiger partial charge < -0.3 is 18.9 Å². The molecule has 2 heterocycles. The van der Waals surface area contributed by atoms with E-state index in [0.717, 1.165) is 0 Å². The van der Waals surface area contributed by atoms with Crippen molar-refractivity contribution in [3.05, 3.63) is 0 Å². The molecular weight excluding hydrogens is 280 g/mol. The van der Waals surface area contributed by atoms with Crippen molar-refractivity contribution in [1.82, 2.24) is 0 Å². The van der Waals surface area contributed by atoms with E-state index in [4.69, 9.17) is 18.9 Å². The summed E-state index contributed by atoms with van der Waals surface area (Å²) in [5.74, 6) is -2.06. The molecule has 0 aromatic heterocycles. The van der Waals surface area contributed by atoms with E-state index >= 15 is 0 Å². The van der Waals surface area contributed by atoms with Gasteiger partial charge in [-0.3, -0.25) is 0 Å². The highest BCUT2D eigenvalue weighted by molar-refractivity contribution is 6.43. The second-order valence-corrected chi connectivity index (χ2v) is 4.67. The third kappa shape index (κ3) is 3.11. The van der Waals surface area contributed by atoms with Crippen LogP contribution >= 0.6 is 0 Å². The highest BCUT2D eigenvalue weighted by atomic mass is 16.7. The maximum absolute atomic E-state index is 11.8. The molecule has 2 unspecified atom stereocenters. The number of nitrogens with zero attached hydrogens (tertiary/aromatic N) is 2. The van der Waals surface area contributed by atoms with E-state index in [-0.39, 0.29) is 30.9 Å². The standard InChI is InChI=1S/C13H18N2O6/c1-4-9-20-5-7-8(6-21-9)11(13(17)19-3)15-14-10(7)12(16)18-2/h7-9H,4-6H2,1-3H3. The van der Waals surface area contributed by atoms with Gasteiger partial charge in [-0.15, -0.1) is 10.2 Å². The van der Waals surface area contributed by atoms with E-state index < -0.39 is 23.8 Å². The van der Waals surface area contributed by atoms with Crippen LogP contribution in [0.5, 0.6) is 0 Å². The van der Waals surface area contributed by atoms with Crippen molar-refractivity contribution in [3.63, 3.8) is 0 Å². The van der Waals surface area contributed by atoms with E-state index in [2.05, 4.69) is 10.2 Å². The SMILES string of the molecule is CCC1OCC2C(C(=O)OC)=NN=C(C(=O)OC)C2CO1. The third-order valence-corrected chi connectivity index (χ3v) is 3.50. The topological polar surface area (TPSA) is 95.8 Å². The van der Waals surface area contributed by atoms with Gasteiger partial charge in [0.15, 0.2) is 17.7 Å². The van der Waals surface area contributed by atoms with E-state index in [1.165, 1.54) is 14.2 Å². The Bertz CT molecular complexity index is 445. The Balaban J connectivity index is 2.34. The van der Waals surface area contributed by atoms with Crippen LogP contribution in [-0.4, -0.2) is 57.1 Å². The van der Waals surface area contributed by atoms with Crippen LogP contribution < -0.4 is 0 Å². The second-order valence-electron chi connectivity index (χ2n) is 4.67. The molecule has 2 aliphatic heterocycles. The van der Waals surface area contributed by atoms with Gasteiger partial charge in [0.1, 0.15) is 0 Å². The van der Waals surface area contributed by atoms with Crippen molar-refractivity contribution in [2.45, 2.75) is 19.6 Å². The molecule has 21 heavy (non-hydrogen) atoms. The Labute approximate surface area is 122 Å². The fourth-order valence-electron chi connectivity index (χ4n) is 2.33. The van der Waals surface area contributed by atoms with Gasteiger partial charge in [-0.05, 0) is 6.42 Å². The lowest BCUT2D eigenvalue weighted by atomic mass is 9.84. The van der Waals surface area contributed by atoms with Crippen molar-refractivity contribution in [2.75, 3.05) is 27.4 Å². The normalized spacial score (nSPS) is 28.6. The number of carbonyl (C=O) groups is 2. The lowest BCUT2D eigenvalue weighted by molar-refractivity contribution is -0.134. The molecule has 2 rings (SSSR count). The van der Waals surface area contributed by atoms with Crippen molar-refractivity contribution >= 4 is 23.4 Å². The Hall–Kier alpha value is -1.80. The van der Waals surface area contributed by atoms with E-state index in [1.807, 2.05) is 6.92 Å². The summed E-state index contributed by atoms with van der Waals surface area (Å²) in [6, 6.07) is 0. The van der Waals surface area contributed by atoms with Crippen LogP contribution in [0.4, 0.5) is 0 Å². The first-order valence-electron chi connectivity index (χ1n) is 6.67. The summed E-state index contributed by atoms with van der Waals surface area (Å²) in [7, 11) is 2.53. The van der Waals surface area contributed by atoms with Gasteiger partial charge in [0.25, 0.3) is 0 Å². The number of hydrogen-bond acceptors (Lipinski definition) is 8. The summed E-state index contributed by atoms with van der Waals surface area (Å²) in [5, 5.41) is 7.64. The number of fused-ring (bicyclic) bond motifs is 1. The molecule has 0 spiro atoms. The molecule has 0 aromatic carbocycles. The maximum atomic E-state index is 11.8. The van der Waals surface area contributed by atoms with E-state index in [9.17, 15) is 9.59 Å². The monoisotopic (exact) mass is 298 g/mol. The lowest BCUT2D eigenvalue weighted by Gasteiger charge is -2.26. The molecule has 0 saturated carbocycles. The molecule has 0 N–H and O–H groups in total. The van der Waals surface area contributed by atoms with E-state index in [0.29, 0.717) is 6.42 Å². The first-order valence-corrected chi connectivity index (χ1v) is 6.67. The number of rotatable bonds is 3. The fraction of sp³-hybridized carbons (Fsp3) is 0.692. The zero-order chi connectivity index (χ0) is 15.4. The van der Waals surface area contributed by atoms with Gasteiger partial charge in [-0.2, -0.15) is 0 Å². The first kappa shape index (κ1) is 15.6. The van der Waals surface area contributed by atoms with Crippen molar-refractivity contribution in [1.29, 1.82) is 0 Å². The summed E-state index contributed by atoms with van der Waals surface area (Å²) < 4.78 is 20.6. The molecule has 0 radical (unpaired) electrons.